The van der Waals surface area contributed by atoms with Gasteiger partial charge in [0.2, 0.25) is 0 Å². The third kappa shape index (κ3) is 3.91. The standard InChI is InChI=1S/C32H38O2/c1-23-21-27(13-15-29(23)33)31(17-5-3-6-18-31)25-9-11-26(12-10-25)32(19-7-4-8-20-32)28-14-16-30(34)24(2)22-28/h9-16,21-22,33-34H,3-8,17-20H2,1-2H3. The van der Waals surface area contributed by atoms with Crippen molar-refractivity contribution in [1.29, 1.82) is 0 Å². The monoisotopic (exact) mass is 454 g/mol. The van der Waals surface area contributed by atoms with E-state index < -0.39 is 0 Å². The van der Waals surface area contributed by atoms with E-state index in [1.54, 1.807) is 0 Å². The van der Waals surface area contributed by atoms with E-state index in [1.165, 1.54) is 86.5 Å². The lowest BCUT2D eigenvalue weighted by Crippen LogP contribution is -2.32. The molecule has 0 bridgehead atoms. The average molecular weight is 455 g/mol. The number of hydrogen-bond donors (Lipinski definition) is 2. The van der Waals surface area contributed by atoms with E-state index in [1.807, 2.05) is 26.0 Å². The smallest absolute Gasteiger partial charge is 0.118 e. The van der Waals surface area contributed by atoms with Crippen molar-refractivity contribution in [3.63, 3.8) is 0 Å². The van der Waals surface area contributed by atoms with Crippen molar-refractivity contribution in [3.05, 3.63) is 94.0 Å². The van der Waals surface area contributed by atoms with Crippen LogP contribution in [-0.4, -0.2) is 10.2 Å². The zero-order chi connectivity index (χ0) is 23.8. The summed E-state index contributed by atoms with van der Waals surface area (Å²) in [6, 6.07) is 22.0. The Morgan fingerprint density at radius 3 is 1.12 bits per heavy atom. The summed E-state index contributed by atoms with van der Waals surface area (Å²) in [7, 11) is 0. The fourth-order valence-corrected chi connectivity index (χ4v) is 6.81. The third-order valence-electron chi connectivity index (χ3n) is 8.90. The van der Waals surface area contributed by atoms with E-state index in [-0.39, 0.29) is 10.8 Å². The molecule has 2 saturated carbocycles. The number of phenolic OH excluding ortho intramolecular Hbond substituents is 2. The Morgan fingerprint density at radius 1 is 0.471 bits per heavy atom. The molecule has 2 N–H and O–H groups in total. The summed E-state index contributed by atoms with van der Waals surface area (Å²) in [6.45, 7) is 4.01. The number of aryl methyl sites for hydroxylation is 2. The molecule has 0 amide bonds. The van der Waals surface area contributed by atoms with Crippen LogP contribution in [-0.2, 0) is 10.8 Å². The van der Waals surface area contributed by atoms with Gasteiger partial charge < -0.3 is 10.2 Å². The molecule has 0 aromatic heterocycles. The van der Waals surface area contributed by atoms with Crippen LogP contribution in [0.15, 0.2) is 60.7 Å². The summed E-state index contributed by atoms with van der Waals surface area (Å²) in [4.78, 5) is 0. The van der Waals surface area contributed by atoms with E-state index in [2.05, 4.69) is 48.5 Å². The highest BCUT2D eigenvalue weighted by Gasteiger charge is 2.38. The van der Waals surface area contributed by atoms with Crippen LogP contribution in [0.25, 0.3) is 0 Å². The largest absolute Gasteiger partial charge is 0.508 e. The van der Waals surface area contributed by atoms with Gasteiger partial charge in [0.15, 0.2) is 0 Å². The fraction of sp³-hybridized carbons (Fsp3) is 0.438. The Balaban J connectivity index is 1.57. The minimum atomic E-state index is 0.0318. The molecule has 34 heavy (non-hydrogen) atoms. The van der Waals surface area contributed by atoms with E-state index >= 15 is 0 Å². The third-order valence-corrected chi connectivity index (χ3v) is 8.90. The van der Waals surface area contributed by atoms with E-state index in [0.717, 1.165) is 11.1 Å². The first-order valence-corrected chi connectivity index (χ1v) is 13.2. The predicted octanol–water partition coefficient (Wildman–Crippen LogP) is 8.22. The van der Waals surface area contributed by atoms with Crippen LogP contribution in [0.4, 0.5) is 0 Å². The number of benzene rings is 3. The molecule has 178 valence electrons. The van der Waals surface area contributed by atoms with E-state index in [0.29, 0.717) is 11.5 Å². The summed E-state index contributed by atoms with van der Waals surface area (Å²) in [5, 5.41) is 20.3. The fourth-order valence-electron chi connectivity index (χ4n) is 6.81. The molecule has 2 aliphatic rings. The highest BCUT2D eigenvalue weighted by Crippen LogP contribution is 2.49. The van der Waals surface area contributed by atoms with Gasteiger partial charge in [0, 0.05) is 10.8 Å². The molecule has 0 radical (unpaired) electrons. The second-order valence-electron chi connectivity index (χ2n) is 10.9. The molecule has 5 rings (SSSR count). The van der Waals surface area contributed by atoms with E-state index in [9.17, 15) is 10.2 Å². The molecular formula is C32H38O2. The zero-order valence-corrected chi connectivity index (χ0v) is 20.7. The van der Waals surface area contributed by atoms with Gasteiger partial charge in [-0.25, -0.2) is 0 Å². The summed E-state index contributed by atoms with van der Waals surface area (Å²) in [5.41, 5.74) is 7.50. The van der Waals surface area contributed by atoms with Gasteiger partial charge in [0.05, 0.1) is 0 Å². The Kier molecular flexibility index (Phi) is 6.18. The zero-order valence-electron chi connectivity index (χ0n) is 20.7. The van der Waals surface area contributed by atoms with Gasteiger partial charge in [-0.3, -0.25) is 0 Å². The maximum atomic E-state index is 10.1. The normalized spacial score (nSPS) is 19.6. The van der Waals surface area contributed by atoms with Crippen molar-refractivity contribution in [2.75, 3.05) is 0 Å². The Bertz CT molecular complexity index is 1050. The van der Waals surface area contributed by atoms with Crippen molar-refractivity contribution in [1.82, 2.24) is 0 Å². The first-order valence-electron chi connectivity index (χ1n) is 13.2. The first-order chi connectivity index (χ1) is 16.4. The number of hydrogen-bond acceptors (Lipinski definition) is 2. The van der Waals surface area contributed by atoms with Gasteiger partial charge >= 0.3 is 0 Å². The second kappa shape index (κ2) is 9.13. The minimum absolute atomic E-state index is 0.0318. The molecular weight excluding hydrogens is 416 g/mol. The molecule has 2 fully saturated rings. The molecule has 3 aromatic carbocycles. The first kappa shape index (κ1) is 23.0. The van der Waals surface area contributed by atoms with Crippen LogP contribution in [0.3, 0.4) is 0 Å². The van der Waals surface area contributed by atoms with Gasteiger partial charge in [-0.15, -0.1) is 0 Å². The molecule has 0 heterocycles. The molecule has 0 unspecified atom stereocenters. The van der Waals surface area contributed by atoms with Crippen LogP contribution in [0.2, 0.25) is 0 Å². The molecule has 2 heteroatoms. The SMILES string of the molecule is Cc1cc(C2(c3ccc(C4(c5ccc(O)c(C)c5)CCCCC4)cc3)CCCCC2)ccc1O. The van der Waals surface area contributed by atoms with Gasteiger partial charge in [-0.1, -0.05) is 87.1 Å². The van der Waals surface area contributed by atoms with Gasteiger partial charge in [-0.2, -0.15) is 0 Å². The molecule has 0 saturated heterocycles. The van der Waals surface area contributed by atoms with Gasteiger partial charge in [0.1, 0.15) is 11.5 Å². The molecule has 3 aromatic rings. The van der Waals surface area contributed by atoms with Gasteiger partial charge in [0.25, 0.3) is 0 Å². The molecule has 2 nitrogen and oxygen atoms in total. The Hall–Kier alpha value is -2.74. The number of phenols is 2. The summed E-state index contributed by atoms with van der Waals surface area (Å²) < 4.78 is 0. The van der Waals surface area contributed by atoms with Crippen LogP contribution in [0.1, 0.15) is 97.6 Å². The Morgan fingerprint density at radius 2 is 0.794 bits per heavy atom. The van der Waals surface area contributed by atoms with Crippen molar-refractivity contribution in [2.24, 2.45) is 0 Å². The summed E-state index contributed by atoms with van der Waals surface area (Å²) in [6.07, 6.45) is 12.3. The molecule has 2 aliphatic carbocycles. The predicted molar refractivity (Wildman–Crippen MR) is 140 cm³/mol. The summed E-state index contributed by atoms with van der Waals surface area (Å²) in [5.74, 6) is 0.766. The van der Waals surface area contributed by atoms with Gasteiger partial charge in [-0.05, 0) is 85.0 Å². The maximum absolute atomic E-state index is 10.1. The molecule has 0 spiro atoms. The quantitative estimate of drug-likeness (QED) is 0.417. The molecule has 0 aliphatic heterocycles. The highest BCUT2D eigenvalue weighted by atomic mass is 16.3. The van der Waals surface area contributed by atoms with E-state index in [4.69, 9.17) is 0 Å². The minimum Gasteiger partial charge on any atom is -0.508 e. The lowest BCUT2D eigenvalue weighted by molar-refractivity contribution is 0.340. The maximum Gasteiger partial charge on any atom is 0.118 e. The van der Waals surface area contributed by atoms with Crippen LogP contribution >= 0.6 is 0 Å². The second-order valence-corrected chi connectivity index (χ2v) is 10.9. The lowest BCUT2D eigenvalue weighted by atomic mass is 9.63. The van der Waals surface area contributed by atoms with Crippen LogP contribution < -0.4 is 0 Å². The lowest BCUT2D eigenvalue weighted by Gasteiger charge is -2.41. The number of aromatic hydroxyl groups is 2. The topological polar surface area (TPSA) is 40.5 Å². The van der Waals surface area contributed by atoms with Crippen molar-refractivity contribution in [3.8, 4) is 11.5 Å². The average Bonchev–Trinajstić information content (AvgIpc) is 2.88. The van der Waals surface area contributed by atoms with Crippen molar-refractivity contribution >= 4 is 0 Å². The van der Waals surface area contributed by atoms with Crippen LogP contribution in [0.5, 0.6) is 11.5 Å². The Labute approximate surface area is 204 Å². The highest BCUT2D eigenvalue weighted by molar-refractivity contribution is 5.49. The number of rotatable bonds is 4. The van der Waals surface area contributed by atoms with Crippen molar-refractivity contribution < 1.29 is 10.2 Å². The summed E-state index contributed by atoms with van der Waals surface area (Å²) >= 11 is 0. The molecule has 0 atom stereocenters. The van der Waals surface area contributed by atoms with Crippen molar-refractivity contribution in [2.45, 2.75) is 88.9 Å². The van der Waals surface area contributed by atoms with Crippen LogP contribution in [0, 0.1) is 13.8 Å².